The molecule has 0 aliphatic carbocycles. The van der Waals surface area contributed by atoms with E-state index >= 15 is 0 Å². The van der Waals surface area contributed by atoms with Gasteiger partial charge in [0.25, 0.3) is 0 Å². The van der Waals surface area contributed by atoms with Crippen molar-refractivity contribution in [1.82, 2.24) is 9.55 Å². The molecule has 4 heteroatoms. The molecule has 3 nitrogen and oxygen atoms in total. The van der Waals surface area contributed by atoms with Crippen molar-refractivity contribution in [2.75, 3.05) is 0 Å². The number of nitrogens with zero attached hydrogens (tertiary/aromatic N) is 2. The van der Waals surface area contributed by atoms with E-state index in [2.05, 4.69) is 77.4 Å². The highest BCUT2D eigenvalue weighted by Crippen LogP contribution is 2.44. The van der Waals surface area contributed by atoms with Gasteiger partial charge >= 0.3 is 6.01 Å². The van der Waals surface area contributed by atoms with Crippen molar-refractivity contribution in [2.45, 2.75) is 0 Å². The van der Waals surface area contributed by atoms with Crippen molar-refractivity contribution < 1.29 is 4.42 Å². The van der Waals surface area contributed by atoms with Gasteiger partial charge in [0.05, 0.1) is 15.7 Å². The van der Waals surface area contributed by atoms with Crippen LogP contribution in [0.25, 0.3) is 69.9 Å². The Morgan fingerprint density at radius 1 is 0.667 bits per heavy atom. The summed E-state index contributed by atoms with van der Waals surface area (Å²) in [6, 6.07) is 34.7. The van der Waals surface area contributed by atoms with Crippen molar-refractivity contribution >= 4 is 75.2 Å². The Hall–Kier alpha value is -4.15. The summed E-state index contributed by atoms with van der Waals surface area (Å²) in [5, 5.41) is 7.51. The molecule has 0 unspecified atom stereocenters. The number of fused-ring (bicyclic) bond motifs is 10. The molecule has 0 radical (unpaired) electrons. The summed E-state index contributed by atoms with van der Waals surface area (Å²) in [5.41, 5.74) is 3.94. The van der Waals surface area contributed by atoms with Crippen molar-refractivity contribution in [2.24, 2.45) is 0 Å². The SMILES string of the molecule is c1ccc2c(c1)ccc1c2c2ccc3c4ccccc4sc3c2n1-c1nc2ccccc2o1. The third-order valence-electron chi connectivity index (χ3n) is 6.64. The van der Waals surface area contributed by atoms with Crippen LogP contribution in [0.2, 0.25) is 0 Å². The van der Waals surface area contributed by atoms with Crippen molar-refractivity contribution in [3.05, 3.63) is 97.1 Å². The Bertz CT molecular complexity index is 2010. The van der Waals surface area contributed by atoms with Gasteiger partial charge in [-0.2, -0.15) is 4.98 Å². The maximum atomic E-state index is 6.32. The fourth-order valence-electron chi connectivity index (χ4n) is 5.20. The molecule has 0 spiro atoms. The van der Waals surface area contributed by atoms with Gasteiger partial charge in [-0.05, 0) is 35.0 Å². The Morgan fingerprint density at radius 2 is 1.45 bits per heavy atom. The highest BCUT2D eigenvalue weighted by molar-refractivity contribution is 7.26. The number of para-hydroxylation sites is 2. The van der Waals surface area contributed by atoms with Gasteiger partial charge in [0.2, 0.25) is 0 Å². The molecular weight excluding hydrogens is 424 g/mol. The molecule has 33 heavy (non-hydrogen) atoms. The molecular formula is C29H16N2OS. The molecule has 0 aliphatic heterocycles. The molecule has 0 amide bonds. The monoisotopic (exact) mass is 440 g/mol. The smallest absolute Gasteiger partial charge is 0.307 e. The minimum atomic E-state index is 0.608. The van der Waals surface area contributed by atoms with E-state index in [1.165, 1.54) is 41.7 Å². The minimum absolute atomic E-state index is 0.608. The minimum Gasteiger partial charge on any atom is -0.423 e. The van der Waals surface area contributed by atoms with Crippen molar-refractivity contribution in [1.29, 1.82) is 0 Å². The first-order valence-corrected chi connectivity index (χ1v) is 11.8. The zero-order valence-electron chi connectivity index (χ0n) is 17.4. The summed E-state index contributed by atoms with van der Waals surface area (Å²) < 4.78 is 11.1. The van der Waals surface area contributed by atoms with Crippen LogP contribution in [0.15, 0.2) is 101 Å². The van der Waals surface area contributed by atoms with E-state index in [9.17, 15) is 0 Å². The van der Waals surface area contributed by atoms with Gasteiger partial charge in [0.15, 0.2) is 5.58 Å². The summed E-state index contributed by atoms with van der Waals surface area (Å²) in [6.07, 6.45) is 0. The van der Waals surface area contributed by atoms with Crippen LogP contribution in [-0.4, -0.2) is 9.55 Å². The van der Waals surface area contributed by atoms with Crippen LogP contribution in [0.5, 0.6) is 0 Å². The first kappa shape index (κ1) is 17.4. The second-order valence-electron chi connectivity index (χ2n) is 8.42. The number of hydrogen-bond acceptors (Lipinski definition) is 3. The van der Waals surface area contributed by atoms with E-state index in [1.807, 2.05) is 35.6 Å². The fraction of sp³-hybridized carbons (Fsp3) is 0. The van der Waals surface area contributed by atoms with Crippen LogP contribution in [0.3, 0.4) is 0 Å². The predicted molar refractivity (Wildman–Crippen MR) is 139 cm³/mol. The lowest BCUT2D eigenvalue weighted by atomic mass is 10.0. The molecule has 5 aromatic carbocycles. The van der Waals surface area contributed by atoms with Crippen molar-refractivity contribution in [3.63, 3.8) is 0 Å². The third kappa shape index (κ3) is 2.25. The molecule has 154 valence electrons. The van der Waals surface area contributed by atoms with Gasteiger partial charge in [0.1, 0.15) is 5.52 Å². The highest BCUT2D eigenvalue weighted by Gasteiger charge is 2.21. The summed E-state index contributed by atoms with van der Waals surface area (Å²) in [7, 11) is 0. The fourth-order valence-corrected chi connectivity index (χ4v) is 6.44. The molecule has 0 bridgehead atoms. The number of thiophene rings is 1. The van der Waals surface area contributed by atoms with Crippen LogP contribution in [-0.2, 0) is 0 Å². The predicted octanol–water partition coefficient (Wildman–Crippen LogP) is 8.45. The molecule has 3 heterocycles. The number of aromatic nitrogens is 2. The number of benzene rings is 5. The lowest BCUT2D eigenvalue weighted by molar-refractivity contribution is 0.575. The lowest BCUT2D eigenvalue weighted by Gasteiger charge is -2.03. The summed E-state index contributed by atoms with van der Waals surface area (Å²) in [4.78, 5) is 4.90. The Labute approximate surface area is 192 Å². The van der Waals surface area contributed by atoms with E-state index in [0.717, 1.165) is 22.1 Å². The first-order chi connectivity index (χ1) is 16.4. The van der Waals surface area contributed by atoms with E-state index in [4.69, 9.17) is 9.40 Å². The largest absolute Gasteiger partial charge is 0.423 e. The summed E-state index contributed by atoms with van der Waals surface area (Å²) >= 11 is 1.84. The van der Waals surface area contributed by atoms with Crippen LogP contribution in [0.4, 0.5) is 0 Å². The average Bonchev–Trinajstić information content (AvgIpc) is 3.54. The molecule has 0 atom stereocenters. The molecule has 0 N–H and O–H groups in total. The van der Waals surface area contributed by atoms with E-state index < -0.39 is 0 Å². The normalized spacial score (nSPS) is 12.2. The molecule has 0 fully saturated rings. The third-order valence-corrected chi connectivity index (χ3v) is 7.83. The highest BCUT2D eigenvalue weighted by atomic mass is 32.1. The Balaban J connectivity index is 1.66. The number of hydrogen-bond donors (Lipinski definition) is 0. The maximum Gasteiger partial charge on any atom is 0.307 e. The topological polar surface area (TPSA) is 31.0 Å². The van der Waals surface area contributed by atoms with Gasteiger partial charge in [0, 0.05) is 26.2 Å². The van der Waals surface area contributed by atoms with Crippen molar-refractivity contribution in [3.8, 4) is 6.01 Å². The van der Waals surface area contributed by atoms with Crippen LogP contribution in [0, 0.1) is 0 Å². The van der Waals surface area contributed by atoms with E-state index in [-0.39, 0.29) is 0 Å². The van der Waals surface area contributed by atoms with Crippen LogP contribution < -0.4 is 0 Å². The van der Waals surface area contributed by atoms with Gasteiger partial charge in [-0.15, -0.1) is 11.3 Å². The maximum absolute atomic E-state index is 6.32. The van der Waals surface area contributed by atoms with Gasteiger partial charge in [-0.1, -0.05) is 72.8 Å². The molecule has 0 saturated heterocycles. The second-order valence-corrected chi connectivity index (χ2v) is 9.47. The van der Waals surface area contributed by atoms with Crippen LogP contribution >= 0.6 is 11.3 Å². The number of oxazole rings is 1. The summed E-state index contributed by atoms with van der Waals surface area (Å²) in [5.74, 6) is 0. The molecule has 0 aliphatic rings. The van der Waals surface area contributed by atoms with Gasteiger partial charge in [-0.3, -0.25) is 4.57 Å². The van der Waals surface area contributed by atoms with Crippen LogP contribution in [0.1, 0.15) is 0 Å². The zero-order valence-corrected chi connectivity index (χ0v) is 18.3. The number of rotatable bonds is 1. The Kier molecular flexibility index (Phi) is 3.28. The van der Waals surface area contributed by atoms with Gasteiger partial charge in [-0.25, -0.2) is 0 Å². The molecule has 0 saturated carbocycles. The Morgan fingerprint density at radius 3 is 2.39 bits per heavy atom. The van der Waals surface area contributed by atoms with E-state index in [1.54, 1.807) is 0 Å². The average molecular weight is 441 g/mol. The standard InChI is InChI=1S/C29H16N2OS/c1-2-8-18-17(7-1)13-16-23-26(18)21-15-14-20-19-9-3-6-12-25(19)33-28(20)27(21)31(23)29-30-22-10-4-5-11-24(22)32-29/h1-16H. The quantitative estimate of drug-likeness (QED) is 0.256. The molecule has 3 aromatic heterocycles. The lowest BCUT2D eigenvalue weighted by Crippen LogP contribution is -1.94. The molecule has 8 aromatic rings. The summed E-state index contributed by atoms with van der Waals surface area (Å²) in [6.45, 7) is 0. The van der Waals surface area contributed by atoms with Gasteiger partial charge < -0.3 is 4.42 Å². The van der Waals surface area contributed by atoms with E-state index in [0.29, 0.717) is 6.01 Å². The molecule has 8 rings (SSSR count). The second kappa shape index (κ2) is 6.21. The zero-order chi connectivity index (χ0) is 21.5. The first-order valence-electron chi connectivity index (χ1n) is 11.0.